The molecule has 0 aliphatic heterocycles. The average Bonchev–Trinajstić information content (AvgIpc) is 2.16. The lowest BCUT2D eigenvalue weighted by Gasteiger charge is -2.18. The van der Waals surface area contributed by atoms with Crippen LogP contribution in [0.5, 0.6) is 0 Å². The molecule has 0 amide bonds. The number of hydrogen-bond donors (Lipinski definition) is 0. The maximum Gasteiger partial charge on any atom is 0.401 e. The summed E-state index contributed by atoms with van der Waals surface area (Å²) in [5.41, 5.74) is 1.81. The minimum atomic E-state index is -4.15. The second kappa shape index (κ2) is 5.55. The van der Waals surface area contributed by atoms with Gasteiger partial charge in [0.1, 0.15) is 0 Å². The largest absolute Gasteiger partial charge is 0.401 e. The highest BCUT2D eigenvalue weighted by molar-refractivity contribution is 6.17. The number of nitrogens with zero attached hydrogens (tertiary/aromatic N) is 1. The van der Waals surface area contributed by atoms with Crippen LogP contribution in [0, 0.1) is 0 Å². The predicted octanol–water partition coefficient (Wildman–Crippen LogP) is 3.42. The van der Waals surface area contributed by atoms with Gasteiger partial charge in [0.25, 0.3) is 0 Å². The molecule has 1 aromatic rings. The van der Waals surface area contributed by atoms with Crippen LogP contribution in [0.3, 0.4) is 0 Å². The van der Waals surface area contributed by atoms with Crippen molar-refractivity contribution in [2.24, 2.45) is 0 Å². The van der Waals surface area contributed by atoms with Gasteiger partial charge in [0.05, 0.1) is 6.54 Å². The van der Waals surface area contributed by atoms with Gasteiger partial charge in [-0.1, -0.05) is 24.3 Å². The van der Waals surface area contributed by atoms with Gasteiger partial charge in [0.2, 0.25) is 0 Å². The van der Waals surface area contributed by atoms with Crippen molar-refractivity contribution < 1.29 is 13.2 Å². The van der Waals surface area contributed by atoms with Crippen LogP contribution in [0.4, 0.5) is 13.2 Å². The summed E-state index contributed by atoms with van der Waals surface area (Å²) in [6.07, 6.45) is -4.15. The predicted molar refractivity (Wildman–Crippen MR) is 58.4 cm³/mol. The Bertz CT molecular complexity index is 321. The van der Waals surface area contributed by atoms with Crippen molar-refractivity contribution in [1.29, 1.82) is 0 Å². The first-order chi connectivity index (χ1) is 7.40. The van der Waals surface area contributed by atoms with Crippen molar-refractivity contribution in [3.05, 3.63) is 35.4 Å². The highest BCUT2D eigenvalue weighted by Gasteiger charge is 2.28. The molecule has 0 aliphatic carbocycles. The molecule has 0 spiro atoms. The van der Waals surface area contributed by atoms with Gasteiger partial charge in [-0.25, -0.2) is 0 Å². The molecule has 0 heterocycles. The van der Waals surface area contributed by atoms with Crippen LogP contribution in [0.1, 0.15) is 11.1 Å². The fraction of sp³-hybridized carbons (Fsp3) is 0.455. The van der Waals surface area contributed by atoms with E-state index < -0.39 is 12.7 Å². The van der Waals surface area contributed by atoms with E-state index in [4.69, 9.17) is 11.6 Å². The second-order valence-corrected chi connectivity index (χ2v) is 4.00. The molecular weight excluding hydrogens is 239 g/mol. The van der Waals surface area contributed by atoms with Crippen LogP contribution in [0.2, 0.25) is 0 Å². The first-order valence-corrected chi connectivity index (χ1v) is 5.33. The SMILES string of the molecule is CN(Cc1ccc(CCl)cc1)CC(F)(F)F. The summed E-state index contributed by atoms with van der Waals surface area (Å²) in [5.74, 6) is 0.415. The van der Waals surface area contributed by atoms with E-state index in [1.54, 1.807) is 12.1 Å². The Morgan fingerprint density at radius 2 is 1.62 bits per heavy atom. The Hall–Kier alpha value is -0.740. The zero-order chi connectivity index (χ0) is 12.2. The van der Waals surface area contributed by atoms with Crippen molar-refractivity contribution >= 4 is 11.6 Å². The molecule has 1 aromatic carbocycles. The average molecular weight is 252 g/mol. The van der Waals surface area contributed by atoms with E-state index >= 15 is 0 Å². The first-order valence-electron chi connectivity index (χ1n) is 4.80. The molecule has 0 saturated carbocycles. The third-order valence-corrected chi connectivity index (χ3v) is 2.39. The minimum absolute atomic E-state index is 0.280. The van der Waals surface area contributed by atoms with Crippen molar-refractivity contribution in [3.8, 4) is 0 Å². The molecule has 0 N–H and O–H groups in total. The number of halogens is 4. The van der Waals surface area contributed by atoms with Crippen molar-refractivity contribution in [2.75, 3.05) is 13.6 Å². The number of alkyl halides is 4. The Morgan fingerprint density at radius 3 is 2.06 bits per heavy atom. The fourth-order valence-electron chi connectivity index (χ4n) is 1.41. The van der Waals surface area contributed by atoms with E-state index in [1.807, 2.05) is 12.1 Å². The van der Waals surface area contributed by atoms with Crippen molar-refractivity contribution in [1.82, 2.24) is 4.90 Å². The van der Waals surface area contributed by atoms with E-state index in [0.717, 1.165) is 11.1 Å². The summed E-state index contributed by atoms with van der Waals surface area (Å²) in [6.45, 7) is -0.619. The molecule has 1 nitrogen and oxygen atoms in total. The molecule has 5 heteroatoms. The van der Waals surface area contributed by atoms with E-state index in [9.17, 15) is 13.2 Å². The number of rotatable bonds is 4. The number of hydrogen-bond acceptors (Lipinski definition) is 1. The molecule has 0 aromatic heterocycles. The lowest BCUT2D eigenvalue weighted by Crippen LogP contribution is -2.30. The molecule has 1 rings (SSSR count). The Balaban J connectivity index is 2.53. The van der Waals surface area contributed by atoms with Crippen LogP contribution >= 0.6 is 11.6 Å². The molecule has 0 unspecified atom stereocenters. The van der Waals surface area contributed by atoms with Crippen molar-refractivity contribution in [2.45, 2.75) is 18.6 Å². The zero-order valence-corrected chi connectivity index (χ0v) is 9.65. The Morgan fingerprint density at radius 1 is 1.12 bits per heavy atom. The third kappa shape index (κ3) is 4.86. The standard InChI is InChI=1S/C11H13ClF3N/c1-16(8-11(13,14)15)7-10-4-2-9(6-12)3-5-10/h2-5H,6-8H2,1H3. The van der Waals surface area contributed by atoms with E-state index in [0.29, 0.717) is 5.88 Å². The number of benzene rings is 1. The van der Waals surface area contributed by atoms with E-state index in [-0.39, 0.29) is 6.54 Å². The van der Waals surface area contributed by atoms with Crippen LogP contribution in [-0.4, -0.2) is 24.7 Å². The van der Waals surface area contributed by atoms with Gasteiger partial charge in [-0.15, -0.1) is 11.6 Å². The topological polar surface area (TPSA) is 3.24 Å². The lowest BCUT2D eigenvalue weighted by atomic mass is 10.1. The molecule has 0 saturated heterocycles. The maximum atomic E-state index is 12.1. The summed E-state index contributed by atoms with van der Waals surface area (Å²) < 4.78 is 36.2. The Kier molecular flexibility index (Phi) is 4.62. The van der Waals surface area contributed by atoms with Gasteiger partial charge in [-0.2, -0.15) is 13.2 Å². The van der Waals surface area contributed by atoms with E-state index in [2.05, 4.69) is 0 Å². The zero-order valence-electron chi connectivity index (χ0n) is 8.89. The summed E-state index contributed by atoms with van der Waals surface area (Å²) >= 11 is 5.61. The maximum absolute atomic E-state index is 12.1. The van der Waals surface area contributed by atoms with Gasteiger partial charge >= 0.3 is 6.18 Å². The summed E-state index contributed by atoms with van der Waals surface area (Å²) in [7, 11) is 1.45. The summed E-state index contributed by atoms with van der Waals surface area (Å²) in [6, 6.07) is 7.24. The molecule has 90 valence electrons. The molecule has 0 atom stereocenters. The minimum Gasteiger partial charge on any atom is -0.294 e. The lowest BCUT2D eigenvalue weighted by molar-refractivity contribution is -0.144. The van der Waals surface area contributed by atoms with Gasteiger partial charge < -0.3 is 0 Å². The summed E-state index contributed by atoms with van der Waals surface area (Å²) in [4.78, 5) is 1.23. The molecule has 0 aliphatic rings. The van der Waals surface area contributed by atoms with Gasteiger partial charge in [-0.05, 0) is 18.2 Å². The Labute approximate surface area is 97.8 Å². The summed E-state index contributed by atoms with van der Waals surface area (Å²) in [5, 5.41) is 0. The quantitative estimate of drug-likeness (QED) is 0.741. The van der Waals surface area contributed by atoms with Crippen LogP contribution in [0.25, 0.3) is 0 Å². The second-order valence-electron chi connectivity index (χ2n) is 3.74. The third-order valence-electron chi connectivity index (χ3n) is 2.08. The van der Waals surface area contributed by atoms with Gasteiger partial charge in [0.15, 0.2) is 0 Å². The fourth-order valence-corrected chi connectivity index (χ4v) is 1.59. The molecule has 16 heavy (non-hydrogen) atoms. The highest BCUT2D eigenvalue weighted by atomic mass is 35.5. The molecule has 0 radical (unpaired) electrons. The molecule has 0 fully saturated rings. The van der Waals surface area contributed by atoms with Crippen molar-refractivity contribution in [3.63, 3.8) is 0 Å². The normalized spacial score (nSPS) is 12.1. The molecular formula is C11H13ClF3N. The van der Waals surface area contributed by atoms with Crippen LogP contribution in [0.15, 0.2) is 24.3 Å². The van der Waals surface area contributed by atoms with Gasteiger partial charge in [-0.3, -0.25) is 4.90 Å². The van der Waals surface area contributed by atoms with E-state index in [1.165, 1.54) is 11.9 Å². The highest BCUT2D eigenvalue weighted by Crippen LogP contribution is 2.17. The van der Waals surface area contributed by atoms with Gasteiger partial charge in [0, 0.05) is 12.4 Å². The monoisotopic (exact) mass is 251 g/mol. The first kappa shape index (κ1) is 13.3. The smallest absolute Gasteiger partial charge is 0.294 e. The molecule has 0 bridgehead atoms. The van der Waals surface area contributed by atoms with Crippen LogP contribution < -0.4 is 0 Å². The van der Waals surface area contributed by atoms with Crippen LogP contribution in [-0.2, 0) is 12.4 Å².